The van der Waals surface area contributed by atoms with Gasteiger partial charge in [-0.15, -0.1) is 0 Å². The Morgan fingerprint density at radius 3 is 2.85 bits per heavy atom. The first-order valence-electron chi connectivity index (χ1n) is 9.33. The minimum atomic E-state index is -0.191. The lowest BCUT2D eigenvalue weighted by atomic mass is 10.1. The second kappa shape index (κ2) is 9.09. The first-order chi connectivity index (χ1) is 12.9. The van der Waals surface area contributed by atoms with Gasteiger partial charge in [-0.3, -0.25) is 4.79 Å². The van der Waals surface area contributed by atoms with Gasteiger partial charge in [-0.05, 0) is 48.9 Å². The lowest BCUT2D eigenvalue weighted by Crippen LogP contribution is -2.31. The zero-order valence-corrected chi connectivity index (χ0v) is 17.2. The molecule has 146 valence electrons. The lowest BCUT2D eigenvalue weighted by Gasteiger charge is -2.16. The van der Waals surface area contributed by atoms with Crippen molar-refractivity contribution in [2.45, 2.75) is 32.6 Å². The quantitative estimate of drug-likeness (QED) is 0.735. The molecule has 0 aliphatic carbocycles. The average molecular weight is 410 g/mol. The number of hydrogen-bond acceptors (Lipinski definition) is 4. The summed E-state index contributed by atoms with van der Waals surface area (Å²) in [6, 6.07) is 7.51. The monoisotopic (exact) mass is 409 g/mol. The van der Waals surface area contributed by atoms with Gasteiger partial charge in [0, 0.05) is 25.7 Å². The van der Waals surface area contributed by atoms with Gasteiger partial charge in [-0.1, -0.05) is 48.3 Å². The van der Waals surface area contributed by atoms with E-state index in [1.807, 2.05) is 32.0 Å². The normalized spacial score (nSPS) is 17.6. The molecular weight excluding hydrogens is 385 g/mol. The molecule has 1 aromatic heterocycles. The highest BCUT2D eigenvalue weighted by atomic mass is 35.5. The molecule has 1 saturated heterocycles. The molecule has 0 radical (unpaired) electrons. The van der Waals surface area contributed by atoms with Gasteiger partial charge in [0.05, 0.1) is 15.7 Å². The fourth-order valence-corrected chi connectivity index (χ4v) is 3.58. The fraction of sp³-hybridized carbons (Fsp3) is 0.500. The maximum absolute atomic E-state index is 12.2. The standard InChI is InChI=1S/C20H25Cl2N3O2/c1-13(2)18-10-19(27-24-18)20(26)23-11-15-6-8-25(12-15)7-5-14-3-4-16(21)17(22)9-14/h3-4,9-10,13,15H,5-8,11-12H2,1-2H3,(H,23,26)/t15-/m1/s1. The van der Waals surface area contributed by atoms with Crippen LogP contribution in [0.5, 0.6) is 0 Å². The van der Waals surface area contributed by atoms with Crippen LogP contribution in [-0.4, -0.2) is 42.1 Å². The van der Waals surface area contributed by atoms with Crippen molar-refractivity contribution in [3.05, 3.63) is 51.3 Å². The maximum Gasteiger partial charge on any atom is 0.289 e. The van der Waals surface area contributed by atoms with Gasteiger partial charge < -0.3 is 14.7 Å². The van der Waals surface area contributed by atoms with Crippen LogP contribution in [-0.2, 0) is 6.42 Å². The van der Waals surface area contributed by atoms with Crippen LogP contribution in [0.3, 0.4) is 0 Å². The highest BCUT2D eigenvalue weighted by Gasteiger charge is 2.23. The van der Waals surface area contributed by atoms with Gasteiger partial charge in [0.15, 0.2) is 0 Å². The van der Waals surface area contributed by atoms with Crippen molar-refractivity contribution in [1.29, 1.82) is 0 Å². The summed E-state index contributed by atoms with van der Waals surface area (Å²) in [5.41, 5.74) is 1.99. The van der Waals surface area contributed by atoms with E-state index in [-0.39, 0.29) is 17.6 Å². The van der Waals surface area contributed by atoms with Gasteiger partial charge in [-0.25, -0.2) is 0 Å². The third-order valence-corrected chi connectivity index (χ3v) is 5.70. The van der Waals surface area contributed by atoms with Gasteiger partial charge in [-0.2, -0.15) is 0 Å². The molecule has 1 N–H and O–H groups in total. The summed E-state index contributed by atoms with van der Waals surface area (Å²) in [5.74, 6) is 0.793. The highest BCUT2D eigenvalue weighted by molar-refractivity contribution is 6.42. The van der Waals surface area contributed by atoms with Crippen LogP contribution in [0.2, 0.25) is 10.0 Å². The second-order valence-corrected chi connectivity index (χ2v) is 8.25. The smallest absolute Gasteiger partial charge is 0.289 e. The Labute approximate surface area is 170 Å². The maximum atomic E-state index is 12.2. The number of benzene rings is 1. The molecule has 1 aromatic carbocycles. The molecule has 27 heavy (non-hydrogen) atoms. The molecule has 3 rings (SSSR count). The largest absolute Gasteiger partial charge is 0.351 e. The van der Waals surface area contributed by atoms with E-state index >= 15 is 0 Å². The summed E-state index contributed by atoms with van der Waals surface area (Å²) in [5, 5.41) is 8.09. The van der Waals surface area contributed by atoms with E-state index in [0.717, 1.165) is 38.2 Å². The predicted octanol–water partition coefficient (Wildman–Crippen LogP) is 4.40. The number of nitrogens with one attached hydrogen (secondary N) is 1. The van der Waals surface area contributed by atoms with Crippen molar-refractivity contribution in [2.75, 3.05) is 26.2 Å². The molecular formula is C20H25Cl2N3O2. The number of rotatable bonds is 7. The third kappa shape index (κ3) is 5.47. The van der Waals surface area contributed by atoms with Crippen molar-refractivity contribution in [2.24, 2.45) is 5.92 Å². The molecule has 1 aliphatic rings. The Kier molecular flexibility index (Phi) is 6.79. The summed E-state index contributed by atoms with van der Waals surface area (Å²) in [6.07, 6.45) is 2.02. The molecule has 1 amide bonds. The Balaban J connectivity index is 1.41. The first-order valence-corrected chi connectivity index (χ1v) is 10.1. The van der Waals surface area contributed by atoms with Crippen LogP contribution < -0.4 is 5.32 Å². The molecule has 1 fully saturated rings. The number of carbonyl (C=O) groups excluding carboxylic acids is 1. The number of aromatic nitrogens is 1. The van der Waals surface area contributed by atoms with Gasteiger partial charge >= 0.3 is 0 Å². The first kappa shape index (κ1) is 20.2. The zero-order valence-electron chi connectivity index (χ0n) is 15.7. The summed E-state index contributed by atoms with van der Waals surface area (Å²) >= 11 is 12.0. The van der Waals surface area contributed by atoms with Crippen molar-refractivity contribution < 1.29 is 9.32 Å². The SMILES string of the molecule is CC(C)c1cc(C(=O)NC[C@H]2CCN(CCc3ccc(Cl)c(Cl)c3)C2)on1. The fourth-order valence-electron chi connectivity index (χ4n) is 3.26. The minimum Gasteiger partial charge on any atom is -0.351 e. The average Bonchev–Trinajstić information content (AvgIpc) is 3.30. The molecule has 1 atom stereocenters. The number of likely N-dealkylation sites (tertiary alicyclic amines) is 1. The highest BCUT2D eigenvalue weighted by Crippen LogP contribution is 2.23. The molecule has 1 aliphatic heterocycles. The van der Waals surface area contributed by atoms with E-state index in [9.17, 15) is 4.79 Å². The van der Waals surface area contributed by atoms with E-state index in [1.54, 1.807) is 6.07 Å². The van der Waals surface area contributed by atoms with Crippen molar-refractivity contribution >= 4 is 29.1 Å². The van der Waals surface area contributed by atoms with Gasteiger partial charge in [0.1, 0.15) is 0 Å². The van der Waals surface area contributed by atoms with Gasteiger partial charge in [0.2, 0.25) is 5.76 Å². The molecule has 0 unspecified atom stereocenters. The summed E-state index contributed by atoms with van der Waals surface area (Å²) in [7, 11) is 0. The molecule has 7 heteroatoms. The Morgan fingerprint density at radius 1 is 1.33 bits per heavy atom. The number of hydrogen-bond donors (Lipinski definition) is 1. The van der Waals surface area contributed by atoms with Crippen LogP contribution in [0.4, 0.5) is 0 Å². The van der Waals surface area contributed by atoms with E-state index in [1.165, 1.54) is 5.56 Å². The Hall–Kier alpha value is -1.56. The van der Waals surface area contributed by atoms with Crippen LogP contribution in [0.1, 0.15) is 48.0 Å². The second-order valence-electron chi connectivity index (χ2n) is 7.43. The van der Waals surface area contributed by atoms with Crippen LogP contribution >= 0.6 is 23.2 Å². The number of carbonyl (C=O) groups is 1. The van der Waals surface area contributed by atoms with Gasteiger partial charge in [0.25, 0.3) is 5.91 Å². The summed E-state index contributed by atoms with van der Waals surface area (Å²) in [6.45, 7) is 7.69. The van der Waals surface area contributed by atoms with Crippen LogP contribution in [0.15, 0.2) is 28.8 Å². The van der Waals surface area contributed by atoms with E-state index in [4.69, 9.17) is 27.7 Å². The third-order valence-electron chi connectivity index (χ3n) is 4.97. The Bertz CT molecular complexity index is 791. The Morgan fingerprint density at radius 2 is 2.15 bits per heavy atom. The molecule has 0 spiro atoms. The number of amides is 1. The van der Waals surface area contributed by atoms with Crippen molar-refractivity contribution in [3.63, 3.8) is 0 Å². The van der Waals surface area contributed by atoms with Crippen molar-refractivity contribution in [1.82, 2.24) is 15.4 Å². The molecule has 2 heterocycles. The van der Waals surface area contributed by atoms with Crippen LogP contribution in [0.25, 0.3) is 0 Å². The lowest BCUT2D eigenvalue weighted by molar-refractivity contribution is 0.0910. The van der Waals surface area contributed by atoms with E-state index in [0.29, 0.717) is 22.5 Å². The minimum absolute atomic E-state index is 0.191. The summed E-state index contributed by atoms with van der Waals surface area (Å²) in [4.78, 5) is 14.6. The van der Waals surface area contributed by atoms with Crippen LogP contribution in [0, 0.1) is 5.92 Å². The molecule has 0 bridgehead atoms. The zero-order chi connectivity index (χ0) is 19.4. The molecule has 5 nitrogen and oxygen atoms in total. The van der Waals surface area contributed by atoms with E-state index < -0.39 is 0 Å². The number of halogens is 2. The summed E-state index contributed by atoms with van der Waals surface area (Å²) < 4.78 is 5.14. The molecule has 2 aromatic rings. The molecule has 0 saturated carbocycles. The van der Waals surface area contributed by atoms with Crippen molar-refractivity contribution in [3.8, 4) is 0 Å². The van der Waals surface area contributed by atoms with E-state index in [2.05, 4.69) is 15.4 Å². The topological polar surface area (TPSA) is 58.4 Å². The predicted molar refractivity (Wildman–Crippen MR) is 108 cm³/mol. The number of nitrogens with zero attached hydrogens (tertiary/aromatic N) is 2.